The largest absolute Gasteiger partial charge is 0.452 e. The molecule has 5 nitrogen and oxygen atoms in total. The molecule has 1 aliphatic rings. The fourth-order valence-electron chi connectivity index (χ4n) is 1.78. The molecule has 6 heteroatoms. The van der Waals surface area contributed by atoms with Gasteiger partial charge in [-0.25, -0.2) is 0 Å². The van der Waals surface area contributed by atoms with Gasteiger partial charge in [-0.2, -0.15) is 5.26 Å². The highest BCUT2D eigenvalue weighted by Gasteiger charge is 2.22. The van der Waals surface area contributed by atoms with Crippen LogP contribution in [0.5, 0.6) is 11.5 Å². The number of rotatable bonds is 4. The van der Waals surface area contributed by atoms with Crippen LogP contribution in [0.2, 0.25) is 5.02 Å². The van der Waals surface area contributed by atoms with Crippen molar-refractivity contribution in [2.24, 2.45) is 5.92 Å². The Balaban J connectivity index is 2.02. The van der Waals surface area contributed by atoms with E-state index < -0.39 is 0 Å². The van der Waals surface area contributed by atoms with E-state index in [9.17, 15) is 0 Å². The molecule has 0 bridgehead atoms. The third-order valence-electron chi connectivity index (χ3n) is 3.02. The number of benzene rings is 1. The van der Waals surface area contributed by atoms with E-state index in [0.29, 0.717) is 34.4 Å². The molecule has 1 aromatic carbocycles. The number of hydrogen-bond donors (Lipinski definition) is 1. The van der Waals surface area contributed by atoms with E-state index in [4.69, 9.17) is 36.8 Å². The van der Waals surface area contributed by atoms with E-state index in [0.717, 1.165) is 6.42 Å². The second-order valence-corrected chi connectivity index (χ2v) is 4.84. The van der Waals surface area contributed by atoms with E-state index in [2.05, 4.69) is 17.9 Å². The summed E-state index contributed by atoms with van der Waals surface area (Å²) in [6.45, 7) is 2.66. The van der Waals surface area contributed by atoms with Crippen LogP contribution in [0.3, 0.4) is 0 Å². The minimum atomic E-state index is -0.0984. The Morgan fingerprint density at radius 1 is 1.48 bits per heavy atom. The second-order valence-electron chi connectivity index (χ2n) is 4.44. The van der Waals surface area contributed by atoms with E-state index in [1.165, 1.54) is 0 Å². The van der Waals surface area contributed by atoms with Crippen LogP contribution in [-0.2, 0) is 4.74 Å². The number of hydrogen-bond acceptors (Lipinski definition) is 5. The molecule has 21 heavy (non-hydrogen) atoms. The molecule has 0 saturated carbocycles. The van der Waals surface area contributed by atoms with Gasteiger partial charge in [0.2, 0.25) is 6.79 Å². The van der Waals surface area contributed by atoms with Crippen molar-refractivity contribution < 1.29 is 14.2 Å². The summed E-state index contributed by atoms with van der Waals surface area (Å²) in [4.78, 5) is 0. The van der Waals surface area contributed by atoms with Crippen LogP contribution in [0, 0.1) is 29.1 Å². The van der Waals surface area contributed by atoms with Crippen LogP contribution >= 0.6 is 11.6 Å². The fraction of sp³-hybridized carbons (Fsp3) is 0.400. The molecule has 2 N–H and O–H groups in total. The van der Waals surface area contributed by atoms with Crippen LogP contribution in [0.4, 0.5) is 5.69 Å². The van der Waals surface area contributed by atoms with Crippen molar-refractivity contribution >= 4 is 17.3 Å². The average Bonchev–Trinajstić information content (AvgIpc) is 2.97. The zero-order valence-electron chi connectivity index (χ0n) is 11.6. The first kappa shape index (κ1) is 15.3. The summed E-state index contributed by atoms with van der Waals surface area (Å²) in [5, 5.41) is 9.17. The highest BCUT2D eigenvalue weighted by molar-refractivity contribution is 6.33. The van der Waals surface area contributed by atoms with Crippen molar-refractivity contribution in [3.8, 4) is 29.4 Å². The molecule has 1 atom stereocenters. The van der Waals surface area contributed by atoms with E-state index >= 15 is 0 Å². The Labute approximate surface area is 128 Å². The molecule has 0 aromatic heterocycles. The summed E-state index contributed by atoms with van der Waals surface area (Å²) in [5.74, 6) is 6.63. The standard InChI is InChI=1S/C15H15ClN2O3/c1-2-10(7-17)8-19-5-3-4-11-6-12(16)13(18)15-14(11)20-9-21-15/h6,10H,2,5,8-9,18H2,1H3. The van der Waals surface area contributed by atoms with Gasteiger partial charge >= 0.3 is 0 Å². The number of fused-ring (bicyclic) bond motifs is 1. The van der Waals surface area contributed by atoms with Crippen LogP contribution in [-0.4, -0.2) is 20.0 Å². The summed E-state index contributed by atoms with van der Waals surface area (Å²) < 4.78 is 16.0. The van der Waals surface area contributed by atoms with Crippen molar-refractivity contribution in [3.63, 3.8) is 0 Å². The minimum Gasteiger partial charge on any atom is -0.452 e. The molecule has 0 fully saturated rings. The molecule has 1 heterocycles. The minimum absolute atomic E-state index is 0.0984. The second kappa shape index (κ2) is 7.08. The molecular formula is C15H15ClN2O3. The van der Waals surface area contributed by atoms with E-state index in [1.54, 1.807) is 6.07 Å². The highest BCUT2D eigenvalue weighted by atomic mass is 35.5. The first-order chi connectivity index (χ1) is 10.2. The lowest BCUT2D eigenvalue weighted by Crippen LogP contribution is -2.06. The van der Waals surface area contributed by atoms with Crippen LogP contribution < -0.4 is 15.2 Å². The normalized spacial score (nSPS) is 13.2. The topological polar surface area (TPSA) is 77.5 Å². The molecule has 1 aromatic rings. The predicted octanol–water partition coefficient (Wildman–Crippen LogP) is 2.57. The zero-order chi connectivity index (χ0) is 15.2. The first-order valence-corrected chi connectivity index (χ1v) is 6.89. The maximum atomic E-state index is 8.80. The van der Waals surface area contributed by atoms with Gasteiger partial charge in [-0.05, 0) is 12.5 Å². The van der Waals surface area contributed by atoms with Crippen LogP contribution in [0.25, 0.3) is 0 Å². The van der Waals surface area contributed by atoms with Gasteiger partial charge in [0.25, 0.3) is 0 Å². The third-order valence-corrected chi connectivity index (χ3v) is 3.33. The quantitative estimate of drug-likeness (QED) is 0.525. The summed E-state index contributed by atoms with van der Waals surface area (Å²) >= 11 is 6.02. The Morgan fingerprint density at radius 2 is 2.24 bits per heavy atom. The average molecular weight is 307 g/mol. The van der Waals surface area contributed by atoms with Gasteiger partial charge in [0, 0.05) is 0 Å². The zero-order valence-corrected chi connectivity index (χ0v) is 12.4. The smallest absolute Gasteiger partial charge is 0.231 e. The Bertz CT molecular complexity index is 629. The summed E-state index contributed by atoms with van der Waals surface area (Å²) in [6, 6.07) is 3.81. The molecule has 0 saturated heterocycles. The van der Waals surface area contributed by atoms with Gasteiger partial charge in [-0.15, -0.1) is 0 Å². The van der Waals surface area contributed by atoms with Crippen molar-refractivity contribution in [1.82, 2.24) is 0 Å². The lowest BCUT2D eigenvalue weighted by molar-refractivity contribution is 0.143. The first-order valence-electron chi connectivity index (χ1n) is 6.51. The molecule has 0 aliphatic carbocycles. The maximum absolute atomic E-state index is 8.80. The number of halogens is 1. The monoisotopic (exact) mass is 306 g/mol. The van der Waals surface area contributed by atoms with Gasteiger partial charge in [-0.1, -0.05) is 30.4 Å². The fourth-order valence-corrected chi connectivity index (χ4v) is 1.97. The summed E-state index contributed by atoms with van der Waals surface area (Å²) in [5.41, 5.74) is 6.76. The Kier molecular flexibility index (Phi) is 5.16. The third kappa shape index (κ3) is 3.52. The van der Waals surface area contributed by atoms with Crippen molar-refractivity contribution in [2.45, 2.75) is 13.3 Å². The van der Waals surface area contributed by atoms with Gasteiger partial charge in [0.05, 0.1) is 34.9 Å². The molecule has 0 spiro atoms. The predicted molar refractivity (Wildman–Crippen MR) is 79.1 cm³/mol. The summed E-state index contributed by atoms with van der Waals surface area (Å²) in [6.07, 6.45) is 0.760. The van der Waals surface area contributed by atoms with E-state index in [1.807, 2.05) is 6.92 Å². The molecule has 110 valence electrons. The number of ether oxygens (including phenoxy) is 3. The maximum Gasteiger partial charge on any atom is 0.231 e. The number of nitrogens with zero attached hydrogens (tertiary/aromatic N) is 1. The Morgan fingerprint density at radius 3 is 2.95 bits per heavy atom. The van der Waals surface area contributed by atoms with Crippen LogP contribution in [0.15, 0.2) is 6.07 Å². The van der Waals surface area contributed by atoms with Crippen molar-refractivity contribution in [2.75, 3.05) is 25.7 Å². The molecule has 1 unspecified atom stereocenters. The molecule has 0 amide bonds. The molecule has 1 aliphatic heterocycles. The highest BCUT2D eigenvalue weighted by Crippen LogP contribution is 2.44. The lowest BCUT2D eigenvalue weighted by Gasteiger charge is -2.05. The molecule has 0 radical (unpaired) electrons. The Hall–Kier alpha value is -2.08. The van der Waals surface area contributed by atoms with Gasteiger partial charge in [0.15, 0.2) is 11.5 Å². The molecular weight excluding hydrogens is 292 g/mol. The van der Waals surface area contributed by atoms with Gasteiger partial charge in [-0.3, -0.25) is 0 Å². The van der Waals surface area contributed by atoms with Crippen molar-refractivity contribution in [1.29, 1.82) is 5.26 Å². The van der Waals surface area contributed by atoms with Crippen molar-refractivity contribution in [3.05, 3.63) is 16.7 Å². The van der Waals surface area contributed by atoms with Crippen LogP contribution in [0.1, 0.15) is 18.9 Å². The van der Waals surface area contributed by atoms with Gasteiger partial charge < -0.3 is 19.9 Å². The summed E-state index contributed by atoms with van der Waals surface area (Å²) in [7, 11) is 0. The number of nitriles is 1. The number of anilines is 1. The molecule has 2 rings (SSSR count). The SMILES string of the molecule is CCC(C#N)COCC#Cc1cc(Cl)c(N)c2c1OCO2. The number of nitrogen functional groups attached to an aromatic ring is 1. The van der Waals surface area contributed by atoms with Gasteiger partial charge in [0.1, 0.15) is 6.61 Å². The lowest BCUT2D eigenvalue weighted by atomic mass is 10.1. The van der Waals surface area contributed by atoms with E-state index in [-0.39, 0.29) is 19.3 Å². The number of nitrogens with two attached hydrogens (primary N) is 1.